The minimum absolute atomic E-state index is 0.0747. The number of benzene rings is 1. The largest absolute Gasteiger partial charge is 0.468 e. The van der Waals surface area contributed by atoms with Crippen molar-refractivity contribution in [3.05, 3.63) is 41.5 Å². The SMILES string of the molecule is COC(=O)/C=C1\c2ccccc2CC1(C(=O)OC)C(=O)OC. The van der Waals surface area contributed by atoms with Crippen molar-refractivity contribution in [2.45, 2.75) is 6.42 Å². The van der Waals surface area contributed by atoms with Gasteiger partial charge in [-0.15, -0.1) is 0 Å². The molecule has 0 saturated carbocycles. The van der Waals surface area contributed by atoms with Crippen molar-refractivity contribution in [1.29, 1.82) is 0 Å². The van der Waals surface area contributed by atoms with E-state index in [1.807, 2.05) is 0 Å². The first-order valence-electron chi connectivity index (χ1n) is 6.56. The number of carbonyl (C=O) groups is 3. The summed E-state index contributed by atoms with van der Waals surface area (Å²) in [5, 5.41) is 0. The Bertz CT molecular complexity index is 642. The van der Waals surface area contributed by atoms with Crippen LogP contribution in [0.15, 0.2) is 30.3 Å². The number of fused-ring (bicyclic) bond motifs is 1. The van der Waals surface area contributed by atoms with Gasteiger partial charge in [0, 0.05) is 12.5 Å². The number of methoxy groups -OCH3 is 3. The molecule has 0 N–H and O–H groups in total. The molecule has 116 valence electrons. The summed E-state index contributed by atoms with van der Waals surface area (Å²) in [5.41, 5.74) is -0.0766. The molecule has 2 rings (SSSR count). The summed E-state index contributed by atoms with van der Waals surface area (Å²) in [6.07, 6.45) is 1.21. The van der Waals surface area contributed by atoms with Gasteiger partial charge in [-0.3, -0.25) is 9.59 Å². The summed E-state index contributed by atoms with van der Waals surface area (Å²) in [6.45, 7) is 0. The van der Waals surface area contributed by atoms with Crippen LogP contribution < -0.4 is 0 Å². The number of rotatable bonds is 3. The quantitative estimate of drug-likeness (QED) is 0.360. The van der Waals surface area contributed by atoms with Crippen LogP contribution in [0.2, 0.25) is 0 Å². The summed E-state index contributed by atoms with van der Waals surface area (Å²) in [4.78, 5) is 36.4. The molecule has 6 heteroatoms. The van der Waals surface area contributed by atoms with Crippen molar-refractivity contribution in [2.24, 2.45) is 5.41 Å². The van der Waals surface area contributed by atoms with Crippen molar-refractivity contribution in [1.82, 2.24) is 0 Å². The van der Waals surface area contributed by atoms with Crippen LogP contribution in [0.5, 0.6) is 0 Å². The van der Waals surface area contributed by atoms with Crippen LogP contribution in [-0.2, 0) is 35.0 Å². The number of hydrogen-bond acceptors (Lipinski definition) is 6. The van der Waals surface area contributed by atoms with Gasteiger partial charge >= 0.3 is 17.9 Å². The third kappa shape index (κ3) is 2.26. The summed E-state index contributed by atoms with van der Waals surface area (Å²) >= 11 is 0. The van der Waals surface area contributed by atoms with Gasteiger partial charge in [-0.1, -0.05) is 24.3 Å². The Morgan fingerprint density at radius 1 is 1.00 bits per heavy atom. The molecule has 0 unspecified atom stereocenters. The zero-order valence-corrected chi connectivity index (χ0v) is 12.5. The van der Waals surface area contributed by atoms with Gasteiger partial charge in [-0.25, -0.2) is 4.79 Å². The summed E-state index contributed by atoms with van der Waals surface area (Å²) in [6, 6.07) is 7.07. The Kier molecular flexibility index (Phi) is 4.30. The van der Waals surface area contributed by atoms with Gasteiger partial charge in [0.15, 0.2) is 5.41 Å². The van der Waals surface area contributed by atoms with Gasteiger partial charge in [0.1, 0.15) is 0 Å². The van der Waals surface area contributed by atoms with Crippen molar-refractivity contribution >= 4 is 23.5 Å². The molecule has 0 amide bonds. The maximum absolute atomic E-state index is 12.4. The van der Waals surface area contributed by atoms with Gasteiger partial charge in [0.2, 0.25) is 0 Å². The second kappa shape index (κ2) is 6.01. The van der Waals surface area contributed by atoms with Crippen LogP contribution in [-0.4, -0.2) is 39.2 Å². The predicted molar refractivity (Wildman–Crippen MR) is 76.6 cm³/mol. The average molecular weight is 304 g/mol. The van der Waals surface area contributed by atoms with Gasteiger partial charge in [0.05, 0.1) is 21.3 Å². The Morgan fingerprint density at radius 2 is 1.59 bits per heavy atom. The molecule has 1 aromatic carbocycles. The molecule has 0 spiro atoms. The monoisotopic (exact) mass is 304 g/mol. The molecule has 0 aliphatic heterocycles. The number of hydrogen-bond donors (Lipinski definition) is 0. The topological polar surface area (TPSA) is 78.9 Å². The fourth-order valence-electron chi connectivity index (χ4n) is 2.72. The van der Waals surface area contributed by atoms with Gasteiger partial charge in [0.25, 0.3) is 0 Å². The molecule has 6 nitrogen and oxygen atoms in total. The first-order chi connectivity index (χ1) is 10.5. The molecular formula is C16H16O6. The lowest BCUT2D eigenvalue weighted by Crippen LogP contribution is -2.41. The molecule has 22 heavy (non-hydrogen) atoms. The van der Waals surface area contributed by atoms with E-state index >= 15 is 0 Å². The molecule has 0 bridgehead atoms. The van der Waals surface area contributed by atoms with E-state index in [1.165, 1.54) is 21.3 Å². The molecule has 0 aromatic heterocycles. The number of ether oxygens (including phenoxy) is 3. The highest BCUT2D eigenvalue weighted by molar-refractivity contribution is 6.16. The molecule has 0 saturated heterocycles. The first-order valence-corrected chi connectivity index (χ1v) is 6.56. The molecular weight excluding hydrogens is 288 g/mol. The first kappa shape index (κ1) is 15.8. The van der Waals surface area contributed by atoms with Crippen molar-refractivity contribution < 1.29 is 28.6 Å². The van der Waals surface area contributed by atoms with E-state index in [9.17, 15) is 14.4 Å². The third-order valence-electron chi connectivity index (χ3n) is 3.75. The van der Waals surface area contributed by atoms with E-state index in [1.54, 1.807) is 24.3 Å². The van der Waals surface area contributed by atoms with Crippen LogP contribution in [0.4, 0.5) is 0 Å². The molecule has 1 aliphatic rings. The Balaban J connectivity index is 2.72. The smallest absolute Gasteiger partial charge is 0.330 e. The normalized spacial score (nSPS) is 16.8. The molecule has 1 aliphatic carbocycles. The van der Waals surface area contributed by atoms with E-state index in [-0.39, 0.29) is 12.0 Å². The summed E-state index contributed by atoms with van der Waals surface area (Å²) < 4.78 is 14.2. The number of esters is 3. The Hall–Kier alpha value is -2.63. The van der Waals surface area contributed by atoms with Crippen LogP contribution in [0.1, 0.15) is 11.1 Å². The molecule has 0 fully saturated rings. The highest BCUT2D eigenvalue weighted by Crippen LogP contribution is 2.48. The third-order valence-corrected chi connectivity index (χ3v) is 3.75. The highest BCUT2D eigenvalue weighted by atomic mass is 16.5. The second-order valence-electron chi connectivity index (χ2n) is 4.80. The Labute approximate surface area is 127 Å². The second-order valence-corrected chi connectivity index (χ2v) is 4.80. The van der Waals surface area contributed by atoms with Crippen LogP contribution in [0.25, 0.3) is 5.57 Å². The van der Waals surface area contributed by atoms with Gasteiger partial charge < -0.3 is 14.2 Å². The van der Waals surface area contributed by atoms with Crippen molar-refractivity contribution in [3.8, 4) is 0 Å². The lowest BCUT2D eigenvalue weighted by Gasteiger charge is -2.24. The van der Waals surface area contributed by atoms with E-state index in [4.69, 9.17) is 9.47 Å². The molecule has 0 radical (unpaired) electrons. The minimum Gasteiger partial charge on any atom is -0.468 e. The lowest BCUT2D eigenvalue weighted by molar-refractivity contribution is -0.163. The van der Waals surface area contributed by atoms with E-state index < -0.39 is 23.3 Å². The van der Waals surface area contributed by atoms with E-state index in [0.29, 0.717) is 5.56 Å². The predicted octanol–water partition coefficient (Wildman–Crippen LogP) is 1.13. The van der Waals surface area contributed by atoms with Crippen LogP contribution in [0, 0.1) is 5.41 Å². The zero-order valence-electron chi connectivity index (χ0n) is 12.5. The minimum atomic E-state index is -1.69. The standard InChI is InChI=1S/C16H16O6/c1-20-13(17)8-12-11-7-5-4-6-10(11)9-16(12,14(18)21-2)15(19)22-3/h4-8H,9H2,1-3H3/b12-8+. The maximum Gasteiger partial charge on any atom is 0.330 e. The molecule has 1 aromatic rings. The lowest BCUT2D eigenvalue weighted by atomic mass is 9.80. The number of carbonyl (C=O) groups excluding carboxylic acids is 3. The van der Waals surface area contributed by atoms with Gasteiger partial charge in [-0.2, -0.15) is 0 Å². The summed E-state index contributed by atoms with van der Waals surface area (Å²) in [5.74, 6) is -2.21. The van der Waals surface area contributed by atoms with E-state index in [2.05, 4.69) is 4.74 Å². The molecule has 0 atom stereocenters. The fourth-order valence-corrected chi connectivity index (χ4v) is 2.72. The maximum atomic E-state index is 12.4. The van der Waals surface area contributed by atoms with Crippen molar-refractivity contribution in [2.75, 3.05) is 21.3 Å². The summed E-state index contributed by atoms with van der Waals surface area (Å²) in [7, 11) is 3.59. The average Bonchev–Trinajstić information content (AvgIpc) is 2.88. The van der Waals surface area contributed by atoms with Crippen LogP contribution >= 0.6 is 0 Å². The molecule has 0 heterocycles. The fraction of sp³-hybridized carbons (Fsp3) is 0.312. The van der Waals surface area contributed by atoms with Crippen LogP contribution in [0.3, 0.4) is 0 Å². The van der Waals surface area contributed by atoms with Crippen molar-refractivity contribution in [3.63, 3.8) is 0 Å². The highest BCUT2D eigenvalue weighted by Gasteiger charge is 2.56. The van der Waals surface area contributed by atoms with Gasteiger partial charge in [-0.05, 0) is 16.7 Å². The Morgan fingerprint density at radius 3 is 2.14 bits per heavy atom. The van der Waals surface area contributed by atoms with E-state index in [0.717, 1.165) is 11.6 Å². The zero-order chi connectivity index (χ0) is 16.3.